The Hall–Kier alpha value is -3.15. The first-order valence-corrected chi connectivity index (χ1v) is 7.81. The molecule has 0 saturated heterocycles. The molecule has 2 aromatic carbocycles. The van der Waals surface area contributed by atoms with Crippen molar-refractivity contribution < 1.29 is 18.8 Å². The molecular formula is C19H18N2O4. The molecule has 1 aromatic heterocycles. The third-order valence-electron chi connectivity index (χ3n) is 3.90. The van der Waals surface area contributed by atoms with E-state index in [4.69, 9.17) is 4.52 Å². The van der Waals surface area contributed by atoms with Crippen LogP contribution in [0.1, 0.15) is 27.2 Å². The average Bonchev–Trinajstić information content (AvgIpc) is 2.97. The molecule has 0 aliphatic heterocycles. The first-order chi connectivity index (χ1) is 12.0. The maximum absolute atomic E-state index is 12.3. The van der Waals surface area contributed by atoms with E-state index in [0.717, 1.165) is 16.5 Å². The van der Waals surface area contributed by atoms with Gasteiger partial charge in [-0.05, 0) is 55.3 Å². The second-order valence-electron chi connectivity index (χ2n) is 5.88. The number of aryl methyl sites for hydroxylation is 2. The topological polar surface area (TPSA) is 81.4 Å². The number of benzene rings is 2. The maximum atomic E-state index is 12.3. The van der Waals surface area contributed by atoms with Crippen LogP contribution in [0.15, 0.2) is 40.9 Å². The summed E-state index contributed by atoms with van der Waals surface area (Å²) in [6.45, 7) is 3.96. The van der Waals surface area contributed by atoms with Crippen LogP contribution in [-0.4, -0.2) is 24.1 Å². The highest BCUT2D eigenvalue weighted by Crippen LogP contribution is 2.24. The second kappa shape index (κ2) is 6.76. The lowest BCUT2D eigenvalue weighted by Crippen LogP contribution is -2.15. The van der Waals surface area contributed by atoms with E-state index < -0.39 is 5.97 Å². The van der Waals surface area contributed by atoms with Crippen molar-refractivity contribution in [3.63, 3.8) is 0 Å². The predicted molar refractivity (Wildman–Crippen MR) is 93.6 cm³/mol. The number of nitrogens with zero attached hydrogens (tertiary/aromatic N) is 1. The molecule has 0 spiro atoms. The molecule has 1 amide bonds. The van der Waals surface area contributed by atoms with Gasteiger partial charge in [-0.25, -0.2) is 4.79 Å². The van der Waals surface area contributed by atoms with E-state index in [1.54, 1.807) is 24.3 Å². The highest BCUT2D eigenvalue weighted by molar-refractivity contribution is 5.96. The van der Waals surface area contributed by atoms with Crippen molar-refractivity contribution in [2.75, 3.05) is 12.4 Å². The Kier molecular flexibility index (Phi) is 4.52. The van der Waals surface area contributed by atoms with Gasteiger partial charge < -0.3 is 14.6 Å². The van der Waals surface area contributed by atoms with Crippen molar-refractivity contribution in [1.29, 1.82) is 0 Å². The Morgan fingerprint density at radius 1 is 1.16 bits per heavy atom. The van der Waals surface area contributed by atoms with Gasteiger partial charge in [-0.1, -0.05) is 11.2 Å². The number of nitrogens with one attached hydrogen (secondary N) is 1. The molecule has 0 aliphatic carbocycles. The van der Waals surface area contributed by atoms with Crippen LogP contribution < -0.4 is 5.32 Å². The first kappa shape index (κ1) is 16.7. The minimum absolute atomic E-state index is 0.107. The molecular weight excluding hydrogens is 320 g/mol. The summed E-state index contributed by atoms with van der Waals surface area (Å²) in [4.78, 5) is 23.7. The summed E-state index contributed by atoms with van der Waals surface area (Å²) >= 11 is 0. The van der Waals surface area contributed by atoms with Crippen LogP contribution in [0, 0.1) is 13.8 Å². The number of carbonyl (C=O) groups is 2. The van der Waals surface area contributed by atoms with Crippen LogP contribution in [0.4, 0.5) is 5.69 Å². The van der Waals surface area contributed by atoms with Gasteiger partial charge in [-0.3, -0.25) is 4.79 Å². The second-order valence-corrected chi connectivity index (χ2v) is 5.88. The fourth-order valence-corrected chi connectivity index (χ4v) is 2.81. The molecule has 128 valence electrons. The average molecular weight is 338 g/mol. The third-order valence-corrected chi connectivity index (χ3v) is 3.90. The van der Waals surface area contributed by atoms with Gasteiger partial charge in [0, 0.05) is 11.1 Å². The van der Waals surface area contributed by atoms with Gasteiger partial charge in [0.2, 0.25) is 5.91 Å². The van der Waals surface area contributed by atoms with Crippen molar-refractivity contribution in [1.82, 2.24) is 5.16 Å². The van der Waals surface area contributed by atoms with Gasteiger partial charge in [-0.15, -0.1) is 0 Å². The summed E-state index contributed by atoms with van der Waals surface area (Å²) in [5, 5.41) is 7.69. The Bertz CT molecular complexity index is 942. The summed E-state index contributed by atoms with van der Waals surface area (Å²) in [7, 11) is 1.32. The number of ether oxygens (including phenoxy) is 1. The molecule has 6 nitrogen and oxygen atoms in total. The van der Waals surface area contributed by atoms with Gasteiger partial charge >= 0.3 is 5.97 Å². The number of hydrogen-bond acceptors (Lipinski definition) is 5. The normalized spacial score (nSPS) is 10.7. The van der Waals surface area contributed by atoms with Gasteiger partial charge in [0.25, 0.3) is 0 Å². The predicted octanol–water partition coefficient (Wildman–Crippen LogP) is 3.41. The van der Waals surface area contributed by atoms with Crippen LogP contribution in [0.2, 0.25) is 0 Å². The maximum Gasteiger partial charge on any atom is 0.337 e. The Balaban J connectivity index is 1.74. The molecule has 1 N–H and O–H groups in total. The zero-order valence-electron chi connectivity index (χ0n) is 14.3. The van der Waals surface area contributed by atoms with E-state index in [2.05, 4.69) is 15.2 Å². The quantitative estimate of drug-likeness (QED) is 0.737. The molecule has 0 unspecified atom stereocenters. The highest BCUT2D eigenvalue weighted by Gasteiger charge is 2.15. The molecule has 6 heteroatoms. The molecule has 25 heavy (non-hydrogen) atoms. The van der Waals surface area contributed by atoms with Crippen molar-refractivity contribution >= 4 is 28.5 Å². The molecule has 0 atom stereocenters. The van der Waals surface area contributed by atoms with E-state index in [0.29, 0.717) is 22.5 Å². The summed E-state index contributed by atoms with van der Waals surface area (Å²) in [5.41, 5.74) is 4.43. The number of esters is 1. The van der Waals surface area contributed by atoms with E-state index in [-0.39, 0.29) is 12.3 Å². The minimum atomic E-state index is -0.419. The lowest BCUT2D eigenvalue weighted by molar-refractivity contribution is -0.115. The largest absolute Gasteiger partial charge is 0.465 e. The number of amides is 1. The van der Waals surface area contributed by atoms with E-state index in [9.17, 15) is 9.59 Å². The molecule has 0 bridgehead atoms. The Labute approximate surface area is 144 Å². The number of anilines is 1. The minimum Gasteiger partial charge on any atom is -0.465 e. The van der Waals surface area contributed by atoms with Gasteiger partial charge in [0.15, 0.2) is 5.58 Å². The lowest BCUT2D eigenvalue weighted by atomic mass is 10.0. The molecule has 0 radical (unpaired) electrons. The van der Waals surface area contributed by atoms with E-state index in [1.807, 2.05) is 26.0 Å². The SMILES string of the molecule is COC(=O)c1ccc(NC(=O)Cc2noc3cc(C)cc(C)c23)cc1. The first-order valence-electron chi connectivity index (χ1n) is 7.81. The van der Waals surface area contributed by atoms with E-state index in [1.165, 1.54) is 7.11 Å². The van der Waals surface area contributed by atoms with Crippen LogP contribution in [0.25, 0.3) is 11.0 Å². The number of hydrogen-bond donors (Lipinski definition) is 1. The van der Waals surface area contributed by atoms with Crippen molar-refractivity contribution in [2.24, 2.45) is 0 Å². The molecule has 0 fully saturated rings. The van der Waals surface area contributed by atoms with Gasteiger partial charge in [0.05, 0.1) is 19.1 Å². The summed E-state index contributed by atoms with van der Waals surface area (Å²) in [5.74, 6) is -0.626. The van der Waals surface area contributed by atoms with Crippen molar-refractivity contribution in [3.05, 3.63) is 58.8 Å². The van der Waals surface area contributed by atoms with Crippen LogP contribution in [-0.2, 0) is 16.0 Å². The van der Waals surface area contributed by atoms with E-state index >= 15 is 0 Å². The fourth-order valence-electron chi connectivity index (χ4n) is 2.81. The Morgan fingerprint density at radius 2 is 1.88 bits per heavy atom. The zero-order valence-corrected chi connectivity index (χ0v) is 14.3. The number of carbonyl (C=O) groups excluding carboxylic acids is 2. The molecule has 3 aromatic rings. The molecule has 1 heterocycles. The number of rotatable bonds is 4. The monoisotopic (exact) mass is 338 g/mol. The van der Waals surface area contributed by atoms with Crippen molar-refractivity contribution in [2.45, 2.75) is 20.3 Å². The van der Waals surface area contributed by atoms with Crippen LogP contribution in [0.3, 0.4) is 0 Å². The number of fused-ring (bicyclic) bond motifs is 1. The van der Waals surface area contributed by atoms with Crippen molar-refractivity contribution in [3.8, 4) is 0 Å². The summed E-state index contributed by atoms with van der Waals surface area (Å²) in [6, 6.07) is 10.4. The number of aromatic nitrogens is 1. The fraction of sp³-hybridized carbons (Fsp3) is 0.211. The Morgan fingerprint density at radius 3 is 2.56 bits per heavy atom. The smallest absolute Gasteiger partial charge is 0.337 e. The molecule has 0 aliphatic rings. The van der Waals surface area contributed by atoms with Gasteiger partial charge in [0.1, 0.15) is 5.69 Å². The molecule has 3 rings (SSSR count). The zero-order chi connectivity index (χ0) is 18.0. The third kappa shape index (κ3) is 3.52. The van der Waals surface area contributed by atoms with Crippen LogP contribution >= 0.6 is 0 Å². The number of methoxy groups -OCH3 is 1. The molecule has 0 saturated carbocycles. The lowest BCUT2D eigenvalue weighted by Gasteiger charge is -2.05. The van der Waals surface area contributed by atoms with Gasteiger partial charge in [-0.2, -0.15) is 0 Å². The summed E-state index contributed by atoms with van der Waals surface area (Å²) < 4.78 is 9.98. The standard InChI is InChI=1S/C19H18N2O4/c1-11-8-12(2)18-15(21-25-16(18)9-11)10-17(22)20-14-6-4-13(5-7-14)19(23)24-3/h4-9H,10H2,1-3H3,(H,20,22). The summed E-state index contributed by atoms with van der Waals surface area (Å²) in [6.07, 6.45) is 0.107. The van der Waals surface area contributed by atoms with Crippen LogP contribution in [0.5, 0.6) is 0 Å². The highest BCUT2D eigenvalue weighted by atomic mass is 16.5.